The van der Waals surface area contributed by atoms with Crippen LogP contribution in [0.3, 0.4) is 0 Å². The molecule has 696 valence electrons. The lowest BCUT2D eigenvalue weighted by atomic mass is 9.77. The lowest BCUT2D eigenvalue weighted by Gasteiger charge is -2.25. The number of benzene rings is 24. The zero-order chi connectivity index (χ0) is 97.6. The van der Waals surface area contributed by atoms with E-state index in [4.69, 9.17) is 8.83 Å². The van der Waals surface area contributed by atoms with Crippen molar-refractivity contribution in [2.75, 3.05) is 0 Å². The van der Waals surface area contributed by atoms with Crippen molar-refractivity contribution in [3.63, 3.8) is 0 Å². The van der Waals surface area contributed by atoms with E-state index < -0.39 is 0 Å². The van der Waals surface area contributed by atoms with Gasteiger partial charge >= 0.3 is 0 Å². The Morgan fingerprint density at radius 2 is 0.466 bits per heavy atom. The van der Waals surface area contributed by atoms with Crippen molar-refractivity contribution >= 4 is 172 Å². The van der Waals surface area contributed by atoms with Gasteiger partial charge in [0.1, 0.15) is 22.3 Å². The molecule has 0 bridgehead atoms. The number of rotatable bonds is 0. The van der Waals surface area contributed by atoms with Crippen molar-refractivity contribution in [2.45, 2.75) is 77.0 Å². The van der Waals surface area contributed by atoms with Crippen LogP contribution >= 0.6 is 22.7 Å². The minimum atomic E-state index is 0.0253. The number of hydrogen-bond donors (Lipinski definition) is 0. The number of para-hydroxylation sites is 2. The Kier molecular flexibility index (Phi) is 18.8. The summed E-state index contributed by atoms with van der Waals surface area (Å²) in [4.78, 5) is 0. The summed E-state index contributed by atoms with van der Waals surface area (Å²) in [6, 6.07) is 159. The van der Waals surface area contributed by atoms with Crippen LogP contribution in [0.2, 0.25) is 0 Å². The monoisotopic (exact) mass is 1920 g/mol. The van der Waals surface area contributed by atoms with Gasteiger partial charge in [-0.25, -0.2) is 0 Å². The zero-order valence-corrected chi connectivity index (χ0v) is 84.1. The minimum absolute atomic E-state index is 0.0253. The summed E-state index contributed by atoms with van der Waals surface area (Å²) in [6.45, 7) is 9.57. The van der Waals surface area contributed by atoms with Gasteiger partial charge in [0.2, 0.25) is 0 Å². The summed E-state index contributed by atoms with van der Waals surface area (Å²) in [6.07, 6.45) is 6.18. The standard InChI is InChI=1S/2C26H20.2C23H14O.2C23H14S/c1-26(2)22-14-8-7-13-20(22)24-23-17-10-4-3-9-16(17)15-21(23)18-11-5-6-12-19(18)25(24)26;1-26(2)22-14-8-7-13-20(22)24-19-12-6-5-11-18(19)21-15-16-9-3-4-10-17(16)23(21)25(24)26;1-2-8-15-14(7-1)13-19-16-9-3-4-10-17(16)23-22(21(15)19)18-11-5-6-12-20(18)24-23;1-2-8-15-14(7-1)13-19-16-9-3-4-10-17(16)22-18-11-5-6-12-20(18)24-23(22)21(15)19;1-2-8-15-14(7-1)13-19-16-9-3-4-10-17(16)23-22(21(15)19)18-11-5-6-12-20(18)24-23;1-2-8-15-14(7-1)13-19-16-9-3-4-10-17(16)22-18-11-5-6-12-20(18)24-23(22)21(15)19/h2*3-14H,15H2,1-2H3;4*1-12H,13H2. The third-order valence-corrected chi connectivity index (χ3v) is 36.5. The maximum Gasteiger partial charge on any atom is 0.144 e. The van der Waals surface area contributed by atoms with Crippen LogP contribution in [0, 0.1) is 0 Å². The normalized spacial score (nSPS) is 13.8. The molecule has 4 heterocycles. The smallest absolute Gasteiger partial charge is 0.144 e. The van der Waals surface area contributed by atoms with Crippen LogP contribution in [0.1, 0.15) is 117 Å². The Morgan fingerprint density at radius 1 is 0.176 bits per heavy atom. The van der Waals surface area contributed by atoms with E-state index in [1.54, 1.807) is 0 Å². The lowest BCUT2D eigenvalue weighted by molar-refractivity contribution is 0.662. The molecule has 24 aromatic carbocycles. The average molecular weight is 1920 g/mol. The summed E-state index contributed by atoms with van der Waals surface area (Å²) in [5, 5.41) is 27.1. The number of furan rings is 2. The predicted molar refractivity (Wildman–Crippen MR) is 629 cm³/mol. The largest absolute Gasteiger partial charge is 0.455 e. The lowest BCUT2D eigenvalue weighted by Crippen LogP contribution is -2.16. The van der Waals surface area contributed by atoms with Crippen LogP contribution < -0.4 is 0 Å². The van der Waals surface area contributed by atoms with Gasteiger partial charge in [0, 0.05) is 89.2 Å². The van der Waals surface area contributed by atoms with Crippen LogP contribution in [0.5, 0.6) is 0 Å². The molecule has 0 N–H and O–H groups in total. The molecule has 0 amide bonds. The highest BCUT2D eigenvalue weighted by atomic mass is 32.1. The fourth-order valence-corrected chi connectivity index (χ4v) is 30.5. The Hall–Kier alpha value is -17.1. The van der Waals surface area contributed by atoms with Crippen LogP contribution in [-0.2, 0) is 49.4 Å². The molecule has 0 saturated heterocycles. The number of hydrogen-bond acceptors (Lipinski definition) is 4. The molecule has 4 aromatic heterocycles. The van der Waals surface area contributed by atoms with Crippen molar-refractivity contribution in [1.29, 1.82) is 0 Å². The van der Waals surface area contributed by atoms with Gasteiger partial charge in [-0.05, 0) is 289 Å². The van der Waals surface area contributed by atoms with Crippen molar-refractivity contribution in [3.8, 4) is 89.0 Å². The van der Waals surface area contributed by atoms with Gasteiger partial charge in [-0.15, -0.1) is 22.7 Å². The first-order valence-electron chi connectivity index (χ1n) is 52.3. The molecule has 8 aliphatic rings. The van der Waals surface area contributed by atoms with Gasteiger partial charge in [-0.3, -0.25) is 0 Å². The van der Waals surface area contributed by atoms with E-state index in [9.17, 15) is 0 Å². The van der Waals surface area contributed by atoms with Gasteiger partial charge in [-0.2, -0.15) is 0 Å². The van der Waals surface area contributed by atoms with E-state index in [1.165, 1.54) is 305 Å². The maximum atomic E-state index is 6.36. The Balaban J connectivity index is 0.0000000803. The SMILES string of the molecule is CC1(C)c2ccccc2-c2c1c1c(c3ccccc23)Cc2ccccc2-1.CC1(C)c2ccccc2-c2c3c(c4ccccc4c21)Cc1ccccc1-3.c1ccc2c(c1)Cc1c-2c2c3ccccc3oc2c2ccccc12.c1ccc2c(c1)Cc1c-2c2c3ccccc3sc2c2ccccc12.c1ccc2c(c1)Cc1c-2c2oc3ccccc3c2c2ccccc12.c1ccc2c(c1)Cc1c-2c2sc3ccccc3c2c2ccccc12. The molecule has 0 spiro atoms. The summed E-state index contributed by atoms with van der Waals surface area (Å²) in [7, 11) is 0. The Morgan fingerprint density at radius 3 is 0.980 bits per heavy atom. The van der Waals surface area contributed by atoms with Crippen LogP contribution in [0.25, 0.3) is 238 Å². The summed E-state index contributed by atoms with van der Waals surface area (Å²) < 4.78 is 18.3. The highest BCUT2D eigenvalue weighted by Crippen LogP contribution is 2.63. The number of thiophene rings is 2. The van der Waals surface area contributed by atoms with Crippen LogP contribution in [-0.4, -0.2) is 0 Å². The molecule has 0 aliphatic heterocycles. The molecular formula is C144H96O2S2. The van der Waals surface area contributed by atoms with E-state index in [2.05, 4.69) is 452 Å². The molecular weight excluding hydrogens is 1830 g/mol. The molecule has 28 aromatic rings. The second kappa shape index (κ2) is 32.7. The second-order valence-corrected chi connectivity index (χ2v) is 44.6. The molecule has 0 unspecified atom stereocenters. The molecule has 0 radical (unpaired) electrons. The van der Waals surface area contributed by atoms with Crippen molar-refractivity contribution < 1.29 is 8.83 Å². The fraction of sp³-hybridized carbons (Fsp3) is 0.0833. The Bertz CT molecular complexity index is 10200. The summed E-state index contributed by atoms with van der Waals surface area (Å²) in [5.74, 6) is 0. The first-order chi connectivity index (χ1) is 73.0. The highest BCUT2D eigenvalue weighted by molar-refractivity contribution is 7.27. The van der Waals surface area contributed by atoms with E-state index >= 15 is 0 Å². The third-order valence-electron chi connectivity index (χ3n) is 34.1. The topological polar surface area (TPSA) is 26.3 Å². The van der Waals surface area contributed by atoms with Gasteiger partial charge < -0.3 is 8.83 Å². The second-order valence-electron chi connectivity index (χ2n) is 42.4. The number of fused-ring (bicyclic) bond motifs is 60. The molecule has 4 heteroatoms. The molecule has 2 nitrogen and oxygen atoms in total. The quantitative estimate of drug-likeness (QED) is 0.151. The van der Waals surface area contributed by atoms with Gasteiger partial charge in [0.15, 0.2) is 0 Å². The van der Waals surface area contributed by atoms with Crippen molar-refractivity contribution in [1.82, 2.24) is 0 Å². The molecule has 0 saturated carbocycles. The highest BCUT2D eigenvalue weighted by Gasteiger charge is 2.44. The summed E-state index contributed by atoms with van der Waals surface area (Å²) >= 11 is 3.88. The van der Waals surface area contributed by atoms with Gasteiger partial charge in [0.25, 0.3) is 0 Å². The predicted octanol–water partition coefficient (Wildman–Crippen LogP) is 39.6. The fourth-order valence-electron chi connectivity index (χ4n) is 28.0. The molecule has 0 atom stereocenters. The van der Waals surface area contributed by atoms with Crippen LogP contribution in [0.4, 0.5) is 0 Å². The van der Waals surface area contributed by atoms with E-state index in [0.717, 1.165) is 60.9 Å². The van der Waals surface area contributed by atoms with Gasteiger partial charge in [0.05, 0.1) is 0 Å². The third kappa shape index (κ3) is 12.4. The zero-order valence-electron chi connectivity index (χ0n) is 82.4. The first-order valence-corrected chi connectivity index (χ1v) is 53.9. The van der Waals surface area contributed by atoms with E-state index in [0.29, 0.717) is 0 Å². The van der Waals surface area contributed by atoms with Gasteiger partial charge in [-0.1, -0.05) is 440 Å². The van der Waals surface area contributed by atoms with Crippen LogP contribution in [0.15, 0.2) is 446 Å². The average Bonchev–Trinajstić information content (AvgIpc) is 1.52. The Labute approximate surface area is 865 Å². The minimum Gasteiger partial charge on any atom is -0.455 e. The molecule has 0 fully saturated rings. The summed E-state index contributed by atoms with van der Waals surface area (Å²) in [5.41, 5.74) is 50.2. The van der Waals surface area contributed by atoms with Crippen molar-refractivity contribution in [3.05, 3.63) is 526 Å². The van der Waals surface area contributed by atoms with E-state index in [-0.39, 0.29) is 10.8 Å². The maximum absolute atomic E-state index is 6.36. The molecule has 148 heavy (non-hydrogen) atoms. The molecule has 8 aliphatic carbocycles. The molecule has 36 rings (SSSR count). The first kappa shape index (κ1) is 85.3. The van der Waals surface area contributed by atoms with Crippen molar-refractivity contribution in [2.24, 2.45) is 0 Å². The van der Waals surface area contributed by atoms with E-state index in [1.807, 2.05) is 34.8 Å².